The van der Waals surface area contributed by atoms with Crippen LogP contribution in [0.25, 0.3) is 0 Å². The number of pyridine rings is 1. The number of alkyl halides is 4. The van der Waals surface area contributed by atoms with Gasteiger partial charge in [-0.1, -0.05) is 0 Å². The molecule has 0 aliphatic heterocycles. The molecule has 0 aliphatic rings. The van der Waals surface area contributed by atoms with Gasteiger partial charge >= 0.3 is 6.36 Å². The lowest BCUT2D eigenvalue weighted by Crippen LogP contribution is -2.18. The van der Waals surface area contributed by atoms with Gasteiger partial charge in [-0.05, 0) is 0 Å². The Bertz CT molecular complexity index is 326. The molecule has 14 heavy (non-hydrogen) atoms. The van der Waals surface area contributed by atoms with Gasteiger partial charge in [0.2, 0.25) is 5.88 Å². The molecule has 0 bridgehead atoms. The van der Waals surface area contributed by atoms with Crippen LogP contribution >= 0.6 is 0 Å². The largest absolute Gasteiger partial charge is 0.574 e. The molecule has 1 heterocycles. The zero-order valence-corrected chi connectivity index (χ0v) is 6.81. The van der Waals surface area contributed by atoms with Crippen molar-refractivity contribution in [1.82, 2.24) is 4.98 Å². The normalized spacial score (nSPS) is 11.4. The van der Waals surface area contributed by atoms with E-state index in [9.17, 15) is 17.6 Å². The molecule has 0 fully saturated rings. The minimum atomic E-state index is -4.82. The van der Waals surface area contributed by atoms with E-state index in [1.807, 2.05) is 0 Å². The lowest BCUT2D eigenvalue weighted by atomic mass is 10.2. The molecule has 78 valence electrons. The number of hydrogen-bond donors (Lipinski definition) is 1. The Kier molecular flexibility index (Phi) is 2.78. The van der Waals surface area contributed by atoms with E-state index in [0.29, 0.717) is 0 Å². The molecule has 0 spiro atoms. The molecule has 0 saturated carbocycles. The predicted octanol–water partition coefficient (Wildman–Crippen LogP) is 2.03. The monoisotopic (exact) mass is 210 g/mol. The molecule has 3 nitrogen and oxygen atoms in total. The Morgan fingerprint density at radius 3 is 2.50 bits per heavy atom. The third-order valence-electron chi connectivity index (χ3n) is 1.36. The average molecular weight is 210 g/mol. The summed E-state index contributed by atoms with van der Waals surface area (Å²) in [6.45, 7) is -0.884. The predicted molar refractivity (Wildman–Crippen MR) is 40.1 cm³/mol. The number of rotatable bonds is 2. The molecule has 0 saturated heterocycles. The molecule has 0 aliphatic carbocycles. The fraction of sp³-hybridized carbons (Fsp3) is 0.286. The maximum absolute atomic E-state index is 12.1. The Morgan fingerprint density at radius 1 is 1.43 bits per heavy atom. The van der Waals surface area contributed by atoms with Crippen LogP contribution < -0.4 is 10.5 Å². The first-order valence-electron chi connectivity index (χ1n) is 3.48. The van der Waals surface area contributed by atoms with Gasteiger partial charge in [0.15, 0.2) is 0 Å². The molecular weight excluding hydrogens is 204 g/mol. The maximum atomic E-state index is 12.1. The quantitative estimate of drug-likeness (QED) is 0.759. The second kappa shape index (κ2) is 3.69. The number of nitrogens with zero attached hydrogens (tertiary/aromatic N) is 1. The first-order chi connectivity index (χ1) is 6.42. The molecule has 0 amide bonds. The second-order valence-electron chi connectivity index (χ2n) is 2.40. The minimum absolute atomic E-state index is 0.0273. The van der Waals surface area contributed by atoms with Crippen molar-refractivity contribution in [2.45, 2.75) is 13.0 Å². The standard InChI is InChI=1S/C7H6F4N2O/c8-2-4-3-13-6(1-5(4)12)14-7(9,10)11/h1,3H,2H2,(H2,12,13). The average Bonchev–Trinajstić information content (AvgIpc) is 2.01. The summed E-state index contributed by atoms with van der Waals surface area (Å²) in [5.41, 5.74) is 5.13. The van der Waals surface area contributed by atoms with E-state index in [1.165, 1.54) is 0 Å². The van der Waals surface area contributed by atoms with Gasteiger partial charge in [-0.2, -0.15) is 0 Å². The van der Waals surface area contributed by atoms with Crippen molar-refractivity contribution in [3.63, 3.8) is 0 Å². The highest BCUT2D eigenvalue weighted by atomic mass is 19.4. The summed E-state index contributed by atoms with van der Waals surface area (Å²) in [5, 5.41) is 0. The van der Waals surface area contributed by atoms with Crippen molar-refractivity contribution in [3.05, 3.63) is 17.8 Å². The van der Waals surface area contributed by atoms with Crippen LogP contribution in [-0.4, -0.2) is 11.3 Å². The summed E-state index contributed by atoms with van der Waals surface area (Å²) in [6, 6.07) is 0.822. The van der Waals surface area contributed by atoms with E-state index >= 15 is 0 Å². The number of nitrogens with two attached hydrogens (primary N) is 1. The lowest BCUT2D eigenvalue weighted by Gasteiger charge is -2.08. The number of anilines is 1. The van der Waals surface area contributed by atoms with Crippen LogP contribution in [0.2, 0.25) is 0 Å². The maximum Gasteiger partial charge on any atom is 0.574 e. The number of nitrogen functional groups attached to an aromatic ring is 1. The van der Waals surface area contributed by atoms with Crippen molar-refractivity contribution >= 4 is 5.69 Å². The van der Waals surface area contributed by atoms with Crippen molar-refractivity contribution in [1.29, 1.82) is 0 Å². The third kappa shape index (κ3) is 2.75. The Hall–Kier alpha value is -1.53. The molecule has 2 N–H and O–H groups in total. The highest BCUT2D eigenvalue weighted by molar-refractivity contribution is 5.47. The van der Waals surface area contributed by atoms with Crippen LogP contribution in [0.5, 0.6) is 5.88 Å². The zero-order valence-electron chi connectivity index (χ0n) is 6.81. The van der Waals surface area contributed by atoms with Gasteiger partial charge in [-0.3, -0.25) is 0 Å². The van der Waals surface area contributed by atoms with Crippen molar-refractivity contribution in [2.75, 3.05) is 5.73 Å². The number of aromatic nitrogens is 1. The first kappa shape index (κ1) is 10.6. The van der Waals surface area contributed by atoms with E-state index in [2.05, 4.69) is 9.72 Å². The molecule has 0 aromatic carbocycles. The van der Waals surface area contributed by atoms with Crippen LogP contribution in [-0.2, 0) is 6.67 Å². The smallest absolute Gasteiger partial charge is 0.398 e. The van der Waals surface area contributed by atoms with Gasteiger partial charge in [0, 0.05) is 23.5 Å². The van der Waals surface area contributed by atoms with Crippen molar-refractivity contribution in [3.8, 4) is 5.88 Å². The van der Waals surface area contributed by atoms with Crippen molar-refractivity contribution in [2.24, 2.45) is 0 Å². The molecule has 0 radical (unpaired) electrons. The van der Waals surface area contributed by atoms with Crippen LogP contribution in [0.3, 0.4) is 0 Å². The van der Waals surface area contributed by atoms with Gasteiger partial charge in [0.25, 0.3) is 0 Å². The molecular formula is C7H6F4N2O. The van der Waals surface area contributed by atoms with Crippen LogP contribution in [0.15, 0.2) is 12.3 Å². The van der Waals surface area contributed by atoms with E-state index in [0.717, 1.165) is 12.3 Å². The van der Waals surface area contributed by atoms with Gasteiger partial charge in [0.1, 0.15) is 6.67 Å². The van der Waals surface area contributed by atoms with Gasteiger partial charge < -0.3 is 10.5 Å². The van der Waals surface area contributed by atoms with Crippen molar-refractivity contribution < 1.29 is 22.3 Å². The van der Waals surface area contributed by atoms with Gasteiger partial charge in [-0.25, -0.2) is 9.37 Å². The van der Waals surface area contributed by atoms with E-state index in [-0.39, 0.29) is 11.3 Å². The topological polar surface area (TPSA) is 48.1 Å². The van der Waals surface area contributed by atoms with Crippen LogP contribution in [0, 0.1) is 0 Å². The molecule has 7 heteroatoms. The molecule has 0 unspecified atom stereocenters. The SMILES string of the molecule is Nc1cc(OC(F)(F)F)ncc1CF. The number of hydrogen-bond acceptors (Lipinski definition) is 3. The Labute approximate surface area is 76.5 Å². The Balaban J connectivity index is 2.87. The Morgan fingerprint density at radius 2 is 2.07 bits per heavy atom. The summed E-state index contributed by atoms with van der Waals surface area (Å²) in [5.74, 6) is -0.702. The molecule has 1 aromatic rings. The van der Waals surface area contributed by atoms with E-state index in [4.69, 9.17) is 5.73 Å². The van der Waals surface area contributed by atoms with Crippen LogP contribution in [0.1, 0.15) is 5.56 Å². The summed E-state index contributed by atoms with van der Waals surface area (Å²) >= 11 is 0. The highest BCUT2D eigenvalue weighted by Crippen LogP contribution is 2.23. The summed E-state index contributed by atoms with van der Waals surface area (Å²) in [7, 11) is 0. The number of ether oxygens (including phenoxy) is 1. The second-order valence-corrected chi connectivity index (χ2v) is 2.40. The lowest BCUT2D eigenvalue weighted by molar-refractivity contribution is -0.276. The molecule has 1 rings (SSSR count). The number of halogens is 4. The fourth-order valence-corrected chi connectivity index (χ4v) is 0.765. The fourth-order valence-electron chi connectivity index (χ4n) is 0.765. The molecule has 0 atom stereocenters. The summed E-state index contributed by atoms with van der Waals surface area (Å²) in [4.78, 5) is 3.23. The van der Waals surface area contributed by atoms with Gasteiger partial charge in [-0.15, -0.1) is 13.2 Å². The first-order valence-corrected chi connectivity index (χ1v) is 3.48. The minimum Gasteiger partial charge on any atom is -0.398 e. The van der Waals surface area contributed by atoms with E-state index < -0.39 is 18.9 Å². The summed E-state index contributed by atoms with van der Waals surface area (Å²) < 4.78 is 50.6. The van der Waals surface area contributed by atoms with E-state index in [1.54, 1.807) is 0 Å². The summed E-state index contributed by atoms with van der Waals surface area (Å²) in [6.07, 6.45) is -3.92. The zero-order chi connectivity index (χ0) is 10.8. The van der Waals surface area contributed by atoms with Crippen LogP contribution in [0.4, 0.5) is 23.2 Å². The molecule has 1 aromatic heterocycles. The third-order valence-corrected chi connectivity index (χ3v) is 1.36. The highest BCUT2D eigenvalue weighted by Gasteiger charge is 2.31. The van der Waals surface area contributed by atoms with Gasteiger partial charge in [0.05, 0.1) is 0 Å².